The molecule has 0 unspecified atom stereocenters. The van der Waals surface area contributed by atoms with Gasteiger partial charge in [-0.2, -0.15) is 4.31 Å². The van der Waals surface area contributed by atoms with Crippen LogP contribution in [0.5, 0.6) is 5.75 Å². The first-order chi connectivity index (χ1) is 15.6. The number of piperazine rings is 1. The van der Waals surface area contributed by atoms with Crippen molar-refractivity contribution in [2.45, 2.75) is 11.8 Å². The van der Waals surface area contributed by atoms with Crippen LogP contribution < -0.4 is 15.0 Å². The van der Waals surface area contributed by atoms with Gasteiger partial charge in [0.05, 0.1) is 17.1 Å². The highest BCUT2D eigenvalue weighted by Crippen LogP contribution is 2.34. The fraction of sp³-hybridized carbons (Fsp3) is 0.364. The zero-order chi connectivity index (χ0) is 23.8. The number of hydrogen-bond acceptors (Lipinski definition) is 6. The third-order valence-corrected chi connectivity index (χ3v) is 7.94. The first kappa shape index (κ1) is 23.3. The number of sulfonamides is 1. The number of rotatable bonds is 5. The third kappa shape index (κ3) is 4.92. The molecule has 2 amide bonds. The molecule has 1 N–H and O–H groups in total. The van der Waals surface area contributed by atoms with Crippen molar-refractivity contribution in [1.82, 2.24) is 9.21 Å². The molecule has 176 valence electrons. The van der Waals surface area contributed by atoms with Crippen molar-refractivity contribution < 1.29 is 22.7 Å². The summed E-state index contributed by atoms with van der Waals surface area (Å²) in [6.07, 6.45) is 0. The van der Waals surface area contributed by atoms with Crippen molar-refractivity contribution in [3.8, 4) is 5.75 Å². The Bertz CT molecular complexity index is 1200. The SMILES string of the molecule is Cc1cc2c(cc1S(=O)(=O)N(C)CC(=O)N1CCN(c3cccc(Cl)c3)CC1)OCC(=O)N2. The summed E-state index contributed by atoms with van der Waals surface area (Å²) in [6.45, 7) is 3.44. The van der Waals surface area contributed by atoms with Crippen LogP contribution >= 0.6 is 11.6 Å². The van der Waals surface area contributed by atoms with Gasteiger partial charge in [0.1, 0.15) is 5.75 Å². The molecule has 2 aromatic carbocycles. The van der Waals surface area contributed by atoms with E-state index < -0.39 is 10.0 Å². The van der Waals surface area contributed by atoms with Crippen LogP contribution in [-0.4, -0.2) is 75.8 Å². The van der Waals surface area contributed by atoms with E-state index >= 15 is 0 Å². The molecule has 9 nitrogen and oxygen atoms in total. The molecule has 2 aliphatic rings. The number of nitrogens with zero attached hydrogens (tertiary/aromatic N) is 3. The molecule has 0 saturated carbocycles. The summed E-state index contributed by atoms with van der Waals surface area (Å²) >= 11 is 6.07. The molecule has 4 rings (SSSR count). The van der Waals surface area contributed by atoms with Crippen LogP contribution in [0.2, 0.25) is 5.02 Å². The number of likely N-dealkylation sites (N-methyl/N-ethyl adjacent to an activating group) is 1. The Morgan fingerprint density at radius 2 is 1.91 bits per heavy atom. The van der Waals surface area contributed by atoms with Crippen LogP contribution in [0.1, 0.15) is 5.56 Å². The van der Waals surface area contributed by atoms with E-state index in [9.17, 15) is 18.0 Å². The highest BCUT2D eigenvalue weighted by Gasteiger charge is 2.30. The van der Waals surface area contributed by atoms with E-state index in [-0.39, 0.29) is 35.6 Å². The lowest BCUT2D eigenvalue weighted by molar-refractivity contribution is -0.131. The van der Waals surface area contributed by atoms with Crippen molar-refractivity contribution >= 4 is 44.8 Å². The first-order valence-electron chi connectivity index (χ1n) is 10.5. The van der Waals surface area contributed by atoms with E-state index in [1.165, 1.54) is 13.1 Å². The second-order valence-electron chi connectivity index (χ2n) is 8.06. The maximum absolute atomic E-state index is 13.2. The number of benzene rings is 2. The standard InChI is InChI=1S/C22H25ClN4O5S/c1-15-10-18-19(32-14-21(28)24-18)12-20(15)33(30,31)25(2)13-22(29)27-8-6-26(7-9-27)17-5-3-4-16(23)11-17/h3-5,10-12H,6-9,13-14H2,1-2H3,(H,24,28). The number of halogens is 1. The van der Waals surface area contributed by atoms with Crippen LogP contribution in [0.3, 0.4) is 0 Å². The van der Waals surface area contributed by atoms with Crippen molar-refractivity contribution in [2.24, 2.45) is 0 Å². The number of amides is 2. The van der Waals surface area contributed by atoms with Gasteiger partial charge < -0.3 is 19.9 Å². The van der Waals surface area contributed by atoms with Gasteiger partial charge in [-0.3, -0.25) is 9.59 Å². The number of ether oxygens (including phenoxy) is 1. The number of aryl methyl sites for hydroxylation is 1. The number of anilines is 2. The number of carbonyl (C=O) groups excluding carboxylic acids is 2. The summed E-state index contributed by atoms with van der Waals surface area (Å²) in [7, 11) is -2.55. The monoisotopic (exact) mass is 492 g/mol. The quantitative estimate of drug-likeness (QED) is 0.685. The normalized spacial score (nSPS) is 16.3. The summed E-state index contributed by atoms with van der Waals surface area (Å²) < 4.78 is 32.8. The van der Waals surface area contributed by atoms with Gasteiger partial charge in [0, 0.05) is 50.0 Å². The average molecular weight is 493 g/mol. The average Bonchev–Trinajstić information content (AvgIpc) is 2.78. The Morgan fingerprint density at radius 1 is 1.18 bits per heavy atom. The van der Waals surface area contributed by atoms with E-state index in [1.54, 1.807) is 17.9 Å². The van der Waals surface area contributed by atoms with Crippen molar-refractivity contribution in [3.63, 3.8) is 0 Å². The Balaban J connectivity index is 1.41. The van der Waals surface area contributed by atoms with Crippen LogP contribution in [0.15, 0.2) is 41.3 Å². The molecular formula is C22H25ClN4O5S. The van der Waals surface area contributed by atoms with Crippen LogP contribution in [0, 0.1) is 6.92 Å². The molecule has 1 saturated heterocycles. The number of hydrogen-bond donors (Lipinski definition) is 1. The fourth-order valence-electron chi connectivity index (χ4n) is 3.92. The highest BCUT2D eigenvalue weighted by molar-refractivity contribution is 7.89. The maximum Gasteiger partial charge on any atom is 0.262 e. The third-order valence-electron chi connectivity index (χ3n) is 5.76. The number of fused-ring (bicyclic) bond motifs is 1. The fourth-order valence-corrected chi connectivity index (χ4v) is 5.45. The largest absolute Gasteiger partial charge is 0.482 e. The molecule has 11 heteroatoms. The van der Waals surface area contributed by atoms with E-state index in [2.05, 4.69) is 10.2 Å². The van der Waals surface area contributed by atoms with Crippen LogP contribution in [-0.2, 0) is 19.6 Å². The predicted octanol–water partition coefficient (Wildman–Crippen LogP) is 1.95. The summed E-state index contributed by atoms with van der Waals surface area (Å²) in [5, 5.41) is 3.31. The van der Waals surface area contributed by atoms with Gasteiger partial charge in [0.25, 0.3) is 5.91 Å². The van der Waals surface area contributed by atoms with Gasteiger partial charge in [0.2, 0.25) is 15.9 Å². The molecule has 0 radical (unpaired) electrons. The summed E-state index contributed by atoms with van der Waals surface area (Å²) in [5.41, 5.74) is 1.88. The van der Waals surface area contributed by atoms with Gasteiger partial charge in [0.15, 0.2) is 6.61 Å². The van der Waals surface area contributed by atoms with Gasteiger partial charge in [-0.15, -0.1) is 0 Å². The van der Waals surface area contributed by atoms with Crippen molar-refractivity contribution in [2.75, 3.05) is 56.6 Å². The minimum absolute atomic E-state index is 0.0403. The van der Waals surface area contributed by atoms with Crippen molar-refractivity contribution in [3.05, 3.63) is 47.0 Å². The number of nitrogens with one attached hydrogen (secondary N) is 1. The van der Waals surface area contributed by atoms with Gasteiger partial charge in [-0.25, -0.2) is 8.42 Å². The van der Waals surface area contributed by atoms with E-state index in [4.69, 9.17) is 16.3 Å². The molecule has 0 atom stereocenters. The summed E-state index contributed by atoms with van der Waals surface area (Å²) in [6, 6.07) is 10.5. The van der Waals surface area contributed by atoms with Crippen LogP contribution in [0.4, 0.5) is 11.4 Å². The minimum atomic E-state index is -3.94. The van der Waals surface area contributed by atoms with Crippen molar-refractivity contribution in [1.29, 1.82) is 0 Å². The molecule has 0 bridgehead atoms. The second-order valence-corrected chi connectivity index (χ2v) is 10.5. The lowest BCUT2D eigenvalue weighted by Gasteiger charge is -2.36. The predicted molar refractivity (Wildman–Crippen MR) is 125 cm³/mol. The molecule has 2 heterocycles. The second kappa shape index (κ2) is 9.20. The Morgan fingerprint density at radius 3 is 2.61 bits per heavy atom. The van der Waals surface area contributed by atoms with Gasteiger partial charge in [-0.1, -0.05) is 17.7 Å². The zero-order valence-electron chi connectivity index (χ0n) is 18.4. The molecule has 2 aromatic rings. The smallest absolute Gasteiger partial charge is 0.262 e. The lowest BCUT2D eigenvalue weighted by atomic mass is 10.2. The maximum atomic E-state index is 13.2. The topological polar surface area (TPSA) is 99.3 Å². The Kier molecular flexibility index (Phi) is 6.51. The lowest BCUT2D eigenvalue weighted by Crippen LogP contribution is -2.51. The zero-order valence-corrected chi connectivity index (χ0v) is 19.9. The van der Waals surface area contributed by atoms with E-state index in [0.29, 0.717) is 42.5 Å². The van der Waals surface area contributed by atoms with Gasteiger partial charge >= 0.3 is 0 Å². The molecule has 0 aliphatic carbocycles. The first-order valence-corrected chi connectivity index (χ1v) is 12.3. The summed E-state index contributed by atoms with van der Waals surface area (Å²) in [4.78, 5) is 28.2. The molecule has 0 spiro atoms. The minimum Gasteiger partial charge on any atom is -0.482 e. The molecule has 33 heavy (non-hydrogen) atoms. The highest BCUT2D eigenvalue weighted by atomic mass is 35.5. The molecular weight excluding hydrogens is 468 g/mol. The summed E-state index contributed by atoms with van der Waals surface area (Å²) in [5.74, 6) is -0.266. The van der Waals surface area contributed by atoms with Gasteiger partial charge in [-0.05, 0) is 36.8 Å². The Hall–Kier alpha value is -2.82. The number of carbonyl (C=O) groups is 2. The van der Waals surface area contributed by atoms with E-state index in [1.807, 2.05) is 24.3 Å². The Labute approximate surface area is 197 Å². The van der Waals surface area contributed by atoms with E-state index in [0.717, 1.165) is 9.99 Å². The molecule has 1 fully saturated rings. The van der Waals surface area contributed by atoms with Crippen LogP contribution in [0.25, 0.3) is 0 Å². The molecule has 0 aromatic heterocycles. The molecule has 2 aliphatic heterocycles.